The number of unbranched alkanes of at least 4 members (excludes halogenated alkanes) is 3. The van der Waals surface area contributed by atoms with Crippen LogP contribution in [0.15, 0.2) is 36.4 Å². The Kier molecular flexibility index (Phi) is 9.01. The highest BCUT2D eigenvalue weighted by atomic mass is 28.4. The Hall–Kier alpha value is -1.98. The van der Waals surface area contributed by atoms with Gasteiger partial charge in [0.15, 0.2) is 0 Å². The Morgan fingerprint density at radius 3 is 2.19 bits per heavy atom. The fraction of sp³-hybridized carbons (Fsp3) is 0.517. The first-order valence-electron chi connectivity index (χ1n) is 12.0. The molecule has 0 saturated heterocycles. The molecule has 0 amide bonds. The van der Waals surface area contributed by atoms with Gasteiger partial charge >= 0.3 is 0 Å². The van der Waals surface area contributed by atoms with Crippen LogP contribution in [0.4, 0.5) is 0 Å². The van der Waals surface area contributed by atoms with Crippen molar-refractivity contribution in [2.75, 3.05) is 0 Å². The molecule has 0 saturated carbocycles. The van der Waals surface area contributed by atoms with Crippen LogP contribution in [0, 0.1) is 18.8 Å². The molecule has 0 N–H and O–H groups in total. The summed E-state index contributed by atoms with van der Waals surface area (Å²) in [6, 6.07) is 13.0. The molecule has 0 aliphatic rings. The maximum Gasteiger partial charge on any atom is 0.250 e. The highest BCUT2D eigenvalue weighted by Gasteiger charge is 2.39. The van der Waals surface area contributed by atoms with E-state index in [1.165, 1.54) is 47.1 Å². The monoisotopic (exact) mass is 434 g/mol. The lowest BCUT2D eigenvalue weighted by Crippen LogP contribution is -2.44. The summed E-state index contributed by atoms with van der Waals surface area (Å²) in [5, 5.41) is 0.161. The maximum absolute atomic E-state index is 6.87. The largest absolute Gasteiger partial charge is 0.543 e. The van der Waals surface area contributed by atoms with Gasteiger partial charge in [0.1, 0.15) is 5.75 Å². The SMILES string of the molecule is CCCCC#Cc1c(-c2ccccc2)cc(O[Si](C)(C)C(C)(C)C)c(C)c1CCCC. The van der Waals surface area contributed by atoms with Crippen molar-refractivity contribution in [3.63, 3.8) is 0 Å². The van der Waals surface area contributed by atoms with Crippen LogP contribution in [0.2, 0.25) is 18.1 Å². The molecule has 0 atom stereocenters. The zero-order valence-electron chi connectivity index (χ0n) is 21.1. The zero-order valence-corrected chi connectivity index (χ0v) is 22.1. The van der Waals surface area contributed by atoms with Crippen molar-refractivity contribution in [3.8, 4) is 28.7 Å². The molecule has 0 spiro atoms. The minimum Gasteiger partial charge on any atom is -0.543 e. The van der Waals surface area contributed by atoms with Crippen molar-refractivity contribution in [2.24, 2.45) is 0 Å². The third kappa shape index (κ3) is 6.50. The van der Waals surface area contributed by atoms with Crippen molar-refractivity contribution < 1.29 is 4.43 Å². The molecule has 0 aliphatic carbocycles. The molecule has 0 unspecified atom stereocenters. The molecular formula is C29H42OSi. The molecule has 0 bridgehead atoms. The summed E-state index contributed by atoms with van der Waals surface area (Å²) in [6.07, 6.45) is 6.69. The van der Waals surface area contributed by atoms with Crippen molar-refractivity contribution in [3.05, 3.63) is 53.1 Å². The number of hydrogen-bond acceptors (Lipinski definition) is 1. The van der Waals surface area contributed by atoms with E-state index in [0.29, 0.717) is 0 Å². The van der Waals surface area contributed by atoms with Gasteiger partial charge in [0.2, 0.25) is 8.32 Å². The van der Waals surface area contributed by atoms with E-state index >= 15 is 0 Å². The Labute approximate surface area is 192 Å². The first-order valence-corrected chi connectivity index (χ1v) is 14.9. The smallest absolute Gasteiger partial charge is 0.250 e. The minimum atomic E-state index is -1.94. The van der Waals surface area contributed by atoms with Crippen LogP contribution in [0.5, 0.6) is 5.75 Å². The Bertz CT molecular complexity index is 908. The molecule has 2 aromatic carbocycles. The molecular weight excluding hydrogens is 392 g/mol. The second-order valence-electron chi connectivity index (χ2n) is 10.1. The molecule has 0 aliphatic heterocycles. The van der Waals surface area contributed by atoms with E-state index in [4.69, 9.17) is 4.43 Å². The summed E-state index contributed by atoms with van der Waals surface area (Å²) in [6.45, 7) is 18.3. The standard InChI is InChI=1S/C29H42OSi/c1-9-11-13-17-21-26-25(20-12-10-2)23(3)28(30-31(7,8)29(4,5)6)22-27(26)24-18-15-14-16-19-24/h14-16,18-19,22H,9-13,20H2,1-8H3. The molecule has 0 aromatic heterocycles. The van der Waals surface area contributed by atoms with E-state index in [-0.39, 0.29) is 5.04 Å². The summed E-state index contributed by atoms with van der Waals surface area (Å²) in [5.74, 6) is 8.11. The van der Waals surface area contributed by atoms with E-state index in [2.05, 4.69) is 103 Å². The van der Waals surface area contributed by atoms with Crippen molar-refractivity contribution in [2.45, 2.75) is 98.2 Å². The van der Waals surface area contributed by atoms with Crippen LogP contribution in [0.1, 0.15) is 83.4 Å². The number of hydrogen-bond donors (Lipinski definition) is 0. The lowest BCUT2D eigenvalue weighted by Gasteiger charge is -2.37. The summed E-state index contributed by atoms with van der Waals surface area (Å²) in [5.41, 5.74) is 6.30. The summed E-state index contributed by atoms with van der Waals surface area (Å²) >= 11 is 0. The normalized spacial score (nSPS) is 11.7. The molecule has 0 fully saturated rings. The highest BCUT2D eigenvalue weighted by molar-refractivity contribution is 6.74. The average Bonchev–Trinajstić information content (AvgIpc) is 2.72. The van der Waals surface area contributed by atoms with E-state index in [1.54, 1.807) is 0 Å². The predicted octanol–water partition coefficient (Wildman–Crippen LogP) is 8.93. The predicted molar refractivity (Wildman–Crippen MR) is 139 cm³/mol. The van der Waals surface area contributed by atoms with Gasteiger partial charge in [-0.2, -0.15) is 0 Å². The van der Waals surface area contributed by atoms with E-state index in [1.807, 2.05) is 0 Å². The van der Waals surface area contributed by atoms with Crippen LogP contribution in [0.25, 0.3) is 11.1 Å². The quantitative estimate of drug-likeness (QED) is 0.229. The van der Waals surface area contributed by atoms with Crippen LogP contribution in [0.3, 0.4) is 0 Å². The van der Waals surface area contributed by atoms with Crippen LogP contribution >= 0.6 is 0 Å². The van der Waals surface area contributed by atoms with Gasteiger partial charge in [-0.15, -0.1) is 0 Å². The molecule has 0 radical (unpaired) electrons. The third-order valence-electron chi connectivity index (χ3n) is 6.57. The molecule has 0 heterocycles. The number of rotatable bonds is 8. The van der Waals surface area contributed by atoms with Gasteiger partial charge < -0.3 is 4.43 Å². The lowest BCUT2D eigenvalue weighted by atomic mass is 9.89. The summed E-state index contributed by atoms with van der Waals surface area (Å²) in [4.78, 5) is 0. The molecule has 2 aromatic rings. The Morgan fingerprint density at radius 2 is 1.61 bits per heavy atom. The van der Waals surface area contributed by atoms with Crippen molar-refractivity contribution in [1.29, 1.82) is 0 Å². The second-order valence-corrected chi connectivity index (χ2v) is 14.9. The van der Waals surface area contributed by atoms with Crippen LogP contribution in [-0.4, -0.2) is 8.32 Å². The fourth-order valence-electron chi connectivity index (χ4n) is 3.41. The van der Waals surface area contributed by atoms with Crippen LogP contribution in [-0.2, 0) is 6.42 Å². The maximum atomic E-state index is 6.87. The van der Waals surface area contributed by atoms with Gasteiger partial charge in [0.25, 0.3) is 0 Å². The first kappa shape index (κ1) is 25.3. The lowest BCUT2D eigenvalue weighted by molar-refractivity contribution is 0.488. The fourth-order valence-corrected chi connectivity index (χ4v) is 4.48. The molecule has 2 heteroatoms. The Balaban J connectivity index is 2.72. The van der Waals surface area contributed by atoms with Gasteiger partial charge in [-0.3, -0.25) is 0 Å². The first-order chi connectivity index (χ1) is 14.6. The van der Waals surface area contributed by atoms with Gasteiger partial charge in [-0.05, 0) is 67.1 Å². The van der Waals surface area contributed by atoms with Gasteiger partial charge in [0, 0.05) is 17.5 Å². The molecule has 168 valence electrons. The highest BCUT2D eigenvalue weighted by Crippen LogP contribution is 2.41. The third-order valence-corrected chi connectivity index (χ3v) is 10.9. The molecule has 1 nitrogen and oxygen atoms in total. The van der Waals surface area contributed by atoms with E-state index < -0.39 is 8.32 Å². The zero-order chi connectivity index (χ0) is 23.1. The van der Waals surface area contributed by atoms with E-state index in [0.717, 1.165) is 25.0 Å². The van der Waals surface area contributed by atoms with Crippen molar-refractivity contribution >= 4 is 8.32 Å². The van der Waals surface area contributed by atoms with E-state index in [9.17, 15) is 0 Å². The van der Waals surface area contributed by atoms with Crippen molar-refractivity contribution in [1.82, 2.24) is 0 Å². The number of benzene rings is 2. The minimum absolute atomic E-state index is 0.161. The Morgan fingerprint density at radius 1 is 0.968 bits per heavy atom. The van der Waals surface area contributed by atoms with Gasteiger partial charge in [-0.1, -0.05) is 89.6 Å². The molecule has 31 heavy (non-hydrogen) atoms. The van der Waals surface area contributed by atoms with Gasteiger partial charge in [-0.25, -0.2) is 0 Å². The summed E-state index contributed by atoms with van der Waals surface area (Å²) < 4.78 is 6.87. The topological polar surface area (TPSA) is 9.23 Å². The summed E-state index contributed by atoms with van der Waals surface area (Å²) in [7, 11) is -1.94. The van der Waals surface area contributed by atoms with Gasteiger partial charge in [0.05, 0.1) is 0 Å². The second kappa shape index (κ2) is 11.1. The molecule has 2 rings (SSSR count). The average molecular weight is 435 g/mol. The van der Waals surface area contributed by atoms with Crippen LogP contribution < -0.4 is 4.43 Å².